The number of carbonyl (C=O) groups excluding carboxylic acids is 2. The fraction of sp³-hybridized carbons (Fsp3) is 0.0435. The van der Waals surface area contributed by atoms with E-state index in [2.05, 4.69) is 15.3 Å². The van der Waals surface area contributed by atoms with Crippen molar-refractivity contribution in [3.63, 3.8) is 0 Å². The molecule has 4 aromatic rings. The van der Waals surface area contributed by atoms with Crippen molar-refractivity contribution in [2.45, 2.75) is 0 Å². The average molecular weight is 450 g/mol. The molecule has 4 rings (SSSR count). The van der Waals surface area contributed by atoms with Crippen LogP contribution < -0.4 is 5.32 Å². The number of fused-ring (bicyclic) bond motifs is 1. The summed E-state index contributed by atoms with van der Waals surface area (Å²) in [7, 11) is 0. The number of rotatable bonds is 6. The minimum Gasteiger partial charge on any atom is -0.478 e. The summed E-state index contributed by atoms with van der Waals surface area (Å²) in [6.07, 6.45) is 0. The first-order valence-corrected chi connectivity index (χ1v) is 9.83. The molecule has 3 N–H and O–H groups in total. The van der Waals surface area contributed by atoms with Crippen molar-refractivity contribution in [3.05, 3.63) is 82.9 Å². The van der Waals surface area contributed by atoms with Gasteiger partial charge in [0.15, 0.2) is 6.61 Å². The molecule has 0 aliphatic heterocycles. The number of hydrogen-bond acceptors (Lipinski definition) is 5. The summed E-state index contributed by atoms with van der Waals surface area (Å²) in [4.78, 5) is 43.3. The number of aromatic carboxylic acids is 1. The number of amides is 1. The van der Waals surface area contributed by atoms with E-state index in [1.165, 1.54) is 18.2 Å². The van der Waals surface area contributed by atoms with Crippen molar-refractivity contribution in [2.24, 2.45) is 0 Å². The molecule has 0 aliphatic rings. The van der Waals surface area contributed by atoms with Crippen LogP contribution in [0.4, 0.5) is 5.69 Å². The molecule has 1 aromatic heterocycles. The third kappa shape index (κ3) is 4.60. The molecule has 3 aromatic carbocycles. The maximum absolute atomic E-state index is 12.4. The number of aromatic amines is 1. The Labute approximate surface area is 186 Å². The highest BCUT2D eigenvalue weighted by Crippen LogP contribution is 2.22. The number of carbonyl (C=O) groups is 3. The number of halogens is 1. The molecule has 0 fully saturated rings. The quantitative estimate of drug-likeness (QED) is 0.375. The van der Waals surface area contributed by atoms with Gasteiger partial charge < -0.3 is 20.1 Å². The van der Waals surface area contributed by atoms with E-state index >= 15 is 0 Å². The van der Waals surface area contributed by atoms with Crippen LogP contribution in [-0.4, -0.2) is 39.5 Å². The minimum absolute atomic E-state index is 0.0477. The highest BCUT2D eigenvalue weighted by molar-refractivity contribution is 6.33. The number of aromatic nitrogens is 2. The number of ether oxygens (including phenoxy) is 1. The Morgan fingerprint density at radius 1 is 1.03 bits per heavy atom. The van der Waals surface area contributed by atoms with Gasteiger partial charge in [-0.15, -0.1) is 0 Å². The normalized spacial score (nSPS) is 10.7. The number of carboxylic acid groups (broad SMARTS) is 1. The zero-order chi connectivity index (χ0) is 22.7. The lowest BCUT2D eigenvalue weighted by Gasteiger charge is -2.08. The van der Waals surface area contributed by atoms with Gasteiger partial charge in [0, 0.05) is 11.3 Å². The minimum atomic E-state index is -1.22. The van der Waals surface area contributed by atoms with Crippen LogP contribution in [0, 0.1) is 0 Å². The number of H-pyrrole nitrogens is 1. The first-order valence-electron chi connectivity index (χ1n) is 9.46. The van der Waals surface area contributed by atoms with Crippen molar-refractivity contribution < 1.29 is 24.2 Å². The third-order valence-corrected chi connectivity index (χ3v) is 4.91. The zero-order valence-electron chi connectivity index (χ0n) is 16.5. The summed E-state index contributed by atoms with van der Waals surface area (Å²) < 4.78 is 5.08. The molecule has 160 valence electrons. The van der Waals surface area contributed by atoms with Gasteiger partial charge in [0.1, 0.15) is 5.82 Å². The van der Waals surface area contributed by atoms with E-state index in [1.54, 1.807) is 18.2 Å². The van der Waals surface area contributed by atoms with Gasteiger partial charge in [-0.2, -0.15) is 0 Å². The molecule has 0 saturated carbocycles. The van der Waals surface area contributed by atoms with Crippen molar-refractivity contribution in [3.8, 4) is 11.4 Å². The molecule has 0 bridgehead atoms. The van der Waals surface area contributed by atoms with Gasteiger partial charge in [-0.1, -0.05) is 41.9 Å². The van der Waals surface area contributed by atoms with Crippen molar-refractivity contribution in [1.82, 2.24) is 9.97 Å². The number of nitrogens with zero attached hydrogens (tertiary/aromatic N) is 1. The molecule has 0 atom stereocenters. The highest BCUT2D eigenvalue weighted by atomic mass is 35.5. The monoisotopic (exact) mass is 449 g/mol. The van der Waals surface area contributed by atoms with E-state index in [0.29, 0.717) is 16.9 Å². The fourth-order valence-corrected chi connectivity index (χ4v) is 3.25. The summed E-state index contributed by atoms with van der Waals surface area (Å²) >= 11 is 5.81. The Bertz CT molecular complexity index is 1330. The largest absolute Gasteiger partial charge is 0.478 e. The first kappa shape index (κ1) is 21.1. The zero-order valence-corrected chi connectivity index (χ0v) is 17.2. The number of esters is 1. The van der Waals surface area contributed by atoms with Crippen LogP contribution >= 0.6 is 11.6 Å². The molecule has 8 nitrogen and oxygen atoms in total. The highest BCUT2D eigenvalue weighted by Gasteiger charge is 2.14. The fourth-order valence-electron chi connectivity index (χ4n) is 3.05. The second-order valence-corrected chi connectivity index (χ2v) is 7.21. The molecule has 1 amide bonds. The second-order valence-electron chi connectivity index (χ2n) is 6.81. The van der Waals surface area contributed by atoms with E-state index in [0.717, 1.165) is 5.56 Å². The van der Waals surface area contributed by atoms with Crippen LogP contribution in [0.5, 0.6) is 0 Å². The number of nitrogens with one attached hydrogen (secondary N) is 2. The van der Waals surface area contributed by atoms with Gasteiger partial charge in [-0.3, -0.25) is 4.79 Å². The molecule has 0 spiro atoms. The van der Waals surface area contributed by atoms with Crippen molar-refractivity contribution >= 4 is 46.2 Å². The lowest BCUT2D eigenvalue weighted by molar-refractivity contribution is -0.119. The summed E-state index contributed by atoms with van der Waals surface area (Å²) in [6.45, 7) is -0.542. The Balaban J connectivity index is 1.41. The van der Waals surface area contributed by atoms with E-state index in [1.807, 2.05) is 30.3 Å². The molecule has 0 saturated heterocycles. The van der Waals surface area contributed by atoms with Crippen LogP contribution in [0.2, 0.25) is 5.02 Å². The summed E-state index contributed by atoms with van der Waals surface area (Å²) in [5.74, 6) is -1.84. The van der Waals surface area contributed by atoms with E-state index in [-0.39, 0.29) is 21.8 Å². The number of benzene rings is 3. The number of carboxylic acids is 1. The van der Waals surface area contributed by atoms with Gasteiger partial charge in [0.2, 0.25) is 0 Å². The van der Waals surface area contributed by atoms with Gasteiger partial charge in [0.05, 0.1) is 27.2 Å². The topological polar surface area (TPSA) is 121 Å². The van der Waals surface area contributed by atoms with Crippen LogP contribution in [-0.2, 0) is 9.53 Å². The summed E-state index contributed by atoms with van der Waals surface area (Å²) in [5, 5.41) is 11.6. The van der Waals surface area contributed by atoms with Crippen LogP contribution in [0.3, 0.4) is 0 Å². The Morgan fingerprint density at radius 2 is 1.81 bits per heavy atom. The molecule has 9 heteroatoms. The van der Waals surface area contributed by atoms with Gasteiger partial charge in [-0.05, 0) is 36.4 Å². The number of hydrogen-bond donors (Lipinski definition) is 3. The SMILES string of the molecule is O=C(COC(=O)c1ccc2nc(-c3ccccc3)[nH]c2c1)Nc1ccc(Cl)c(C(=O)O)c1. The predicted molar refractivity (Wildman–Crippen MR) is 119 cm³/mol. The van der Waals surface area contributed by atoms with E-state index < -0.39 is 24.5 Å². The summed E-state index contributed by atoms with van der Waals surface area (Å²) in [6, 6.07) is 18.5. The Kier molecular flexibility index (Phi) is 5.87. The average Bonchev–Trinajstić information content (AvgIpc) is 3.22. The predicted octanol–water partition coefficient (Wildman–Crippen LogP) is 4.38. The molecule has 0 radical (unpaired) electrons. The maximum Gasteiger partial charge on any atom is 0.338 e. The number of imidazole rings is 1. The lowest BCUT2D eigenvalue weighted by atomic mass is 10.2. The van der Waals surface area contributed by atoms with Crippen LogP contribution in [0.1, 0.15) is 20.7 Å². The first-order chi connectivity index (χ1) is 15.4. The van der Waals surface area contributed by atoms with E-state index in [4.69, 9.17) is 21.4 Å². The third-order valence-electron chi connectivity index (χ3n) is 4.58. The molecular formula is C23H16ClN3O5. The second kappa shape index (κ2) is 8.91. The van der Waals surface area contributed by atoms with Crippen LogP contribution in [0.15, 0.2) is 66.7 Å². The van der Waals surface area contributed by atoms with Gasteiger partial charge in [0.25, 0.3) is 5.91 Å². The number of anilines is 1. The maximum atomic E-state index is 12.4. The van der Waals surface area contributed by atoms with Crippen LogP contribution in [0.25, 0.3) is 22.4 Å². The summed E-state index contributed by atoms with van der Waals surface area (Å²) in [5.41, 5.74) is 2.59. The lowest BCUT2D eigenvalue weighted by Crippen LogP contribution is -2.21. The smallest absolute Gasteiger partial charge is 0.338 e. The van der Waals surface area contributed by atoms with Crippen molar-refractivity contribution in [2.75, 3.05) is 11.9 Å². The van der Waals surface area contributed by atoms with Gasteiger partial charge in [-0.25, -0.2) is 14.6 Å². The Morgan fingerprint density at radius 3 is 2.56 bits per heavy atom. The standard InChI is InChI=1S/C23H16ClN3O5/c24-17-8-7-15(11-16(17)22(29)30)25-20(28)12-32-23(31)14-6-9-18-19(10-14)27-21(26-18)13-4-2-1-3-5-13/h1-11H,12H2,(H,25,28)(H,26,27)(H,29,30). The van der Waals surface area contributed by atoms with E-state index in [9.17, 15) is 14.4 Å². The molecule has 0 aliphatic carbocycles. The molecule has 1 heterocycles. The van der Waals surface area contributed by atoms with Gasteiger partial charge >= 0.3 is 11.9 Å². The Hall–Kier alpha value is -4.17. The molecule has 32 heavy (non-hydrogen) atoms. The molecule has 0 unspecified atom stereocenters. The van der Waals surface area contributed by atoms with Crippen molar-refractivity contribution in [1.29, 1.82) is 0 Å². The molecular weight excluding hydrogens is 434 g/mol.